The third-order valence-electron chi connectivity index (χ3n) is 3.48. The lowest BCUT2D eigenvalue weighted by atomic mass is 10.1. The first-order valence-electron chi connectivity index (χ1n) is 7.11. The van der Waals surface area contributed by atoms with Crippen LogP contribution in [0, 0.1) is 5.92 Å². The fraction of sp³-hybridized carbons (Fsp3) is 0.600. The second-order valence-electron chi connectivity index (χ2n) is 5.54. The fourth-order valence-electron chi connectivity index (χ4n) is 2.41. The molecule has 1 aliphatic carbocycles. The van der Waals surface area contributed by atoms with Crippen molar-refractivity contribution < 1.29 is 8.42 Å². The maximum atomic E-state index is 12.2. The minimum absolute atomic E-state index is 0.211. The zero-order valence-corrected chi connectivity index (χ0v) is 12.5. The van der Waals surface area contributed by atoms with E-state index >= 15 is 0 Å². The highest BCUT2D eigenvalue weighted by molar-refractivity contribution is 7.91. The largest absolute Gasteiger partial charge is 0.382 e. The Hall–Kier alpha value is -1.03. The zero-order valence-electron chi connectivity index (χ0n) is 11.7. The molecular weight excluding hydrogens is 258 g/mol. The smallest absolute Gasteiger partial charge is 0.180 e. The lowest BCUT2D eigenvalue weighted by Gasteiger charge is -2.17. The van der Waals surface area contributed by atoms with Crippen LogP contribution in [0.1, 0.15) is 39.5 Å². The van der Waals surface area contributed by atoms with Gasteiger partial charge in [-0.3, -0.25) is 0 Å². The van der Waals surface area contributed by atoms with Crippen LogP contribution in [0.2, 0.25) is 0 Å². The molecule has 0 saturated heterocycles. The van der Waals surface area contributed by atoms with Crippen molar-refractivity contribution in [2.75, 3.05) is 11.1 Å². The van der Waals surface area contributed by atoms with Gasteiger partial charge in [-0.05, 0) is 37.8 Å². The van der Waals surface area contributed by atoms with Gasteiger partial charge in [0.25, 0.3) is 0 Å². The van der Waals surface area contributed by atoms with Crippen molar-refractivity contribution >= 4 is 15.5 Å². The number of nitrogens with one attached hydrogen (secondary N) is 1. The highest BCUT2D eigenvalue weighted by Crippen LogP contribution is 2.34. The topological polar surface area (TPSA) is 46.2 Å². The van der Waals surface area contributed by atoms with Crippen LogP contribution >= 0.6 is 0 Å². The van der Waals surface area contributed by atoms with Gasteiger partial charge in [-0.25, -0.2) is 8.42 Å². The average molecular weight is 281 g/mol. The predicted octanol–water partition coefficient (Wildman–Crippen LogP) is 3.47. The summed E-state index contributed by atoms with van der Waals surface area (Å²) >= 11 is 0. The summed E-state index contributed by atoms with van der Waals surface area (Å²) in [7, 11) is -3.16. The van der Waals surface area contributed by atoms with Gasteiger partial charge in [0.1, 0.15) is 0 Å². The number of sulfone groups is 1. The maximum Gasteiger partial charge on any atom is 0.180 e. The van der Waals surface area contributed by atoms with Crippen LogP contribution in [-0.2, 0) is 9.84 Å². The van der Waals surface area contributed by atoms with Gasteiger partial charge in [-0.1, -0.05) is 31.9 Å². The van der Waals surface area contributed by atoms with E-state index in [9.17, 15) is 8.42 Å². The van der Waals surface area contributed by atoms with Gasteiger partial charge in [0.05, 0.1) is 16.3 Å². The van der Waals surface area contributed by atoms with Gasteiger partial charge in [-0.15, -0.1) is 0 Å². The molecule has 0 radical (unpaired) electrons. The Morgan fingerprint density at radius 3 is 2.63 bits per heavy atom. The first-order chi connectivity index (χ1) is 9.03. The molecule has 1 aliphatic rings. The summed E-state index contributed by atoms with van der Waals surface area (Å²) in [6, 6.07) is 7.57. The molecule has 0 spiro atoms. The van der Waals surface area contributed by atoms with Gasteiger partial charge in [-0.2, -0.15) is 0 Å². The van der Waals surface area contributed by atoms with E-state index in [0.29, 0.717) is 17.4 Å². The normalized spacial score (nSPS) is 17.2. The SMILES string of the molecule is CCCS(=O)(=O)c1ccccc1NC(C)CC1CC1. The Kier molecular flexibility index (Phi) is 4.50. The molecule has 106 valence electrons. The van der Waals surface area contributed by atoms with E-state index < -0.39 is 9.84 Å². The van der Waals surface area contributed by atoms with E-state index in [4.69, 9.17) is 0 Å². The lowest BCUT2D eigenvalue weighted by Crippen LogP contribution is -2.18. The van der Waals surface area contributed by atoms with E-state index in [1.165, 1.54) is 12.8 Å². The molecule has 4 heteroatoms. The number of para-hydroxylation sites is 1. The molecule has 1 unspecified atom stereocenters. The highest BCUT2D eigenvalue weighted by Gasteiger charge is 2.24. The van der Waals surface area contributed by atoms with Gasteiger partial charge in [0, 0.05) is 6.04 Å². The predicted molar refractivity (Wildman–Crippen MR) is 79.2 cm³/mol. The van der Waals surface area contributed by atoms with Crippen LogP contribution in [0.5, 0.6) is 0 Å². The minimum atomic E-state index is -3.16. The van der Waals surface area contributed by atoms with Crippen LogP contribution in [0.4, 0.5) is 5.69 Å². The molecule has 1 aromatic carbocycles. The van der Waals surface area contributed by atoms with E-state index in [0.717, 1.165) is 18.0 Å². The molecule has 2 rings (SSSR count). The number of hydrogen-bond donors (Lipinski definition) is 1. The van der Waals surface area contributed by atoms with Crippen molar-refractivity contribution in [1.82, 2.24) is 0 Å². The summed E-state index contributed by atoms with van der Waals surface area (Å²) in [5.74, 6) is 1.05. The summed E-state index contributed by atoms with van der Waals surface area (Å²) in [6.45, 7) is 4.02. The number of hydrogen-bond acceptors (Lipinski definition) is 3. The molecule has 0 amide bonds. The van der Waals surface area contributed by atoms with Gasteiger partial charge >= 0.3 is 0 Å². The maximum absolute atomic E-state index is 12.2. The summed E-state index contributed by atoms with van der Waals surface area (Å²) in [5, 5.41) is 3.37. The van der Waals surface area contributed by atoms with Crippen molar-refractivity contribution in [3.05, 3.63) is 24.3 Å². The molecule has 1 atom stereocenters. The summed E-state index contributed by atoms with van der Waals surface area (Å²) in [4.78, 5) is 0.444. The standard InChI is InChI=1S/C15H23NO2S/c1-3-10-19(17,18)15-7-5-4-6-14(15)16-12(2)11-13-8-9-13/h4-7,12-13,16H,3,8-11H2,1-2H3. The molecule has 19 heavy (non-hydrogen) atoms. The van der Waals surface area contributed by atoms with Gasteiger partial charge in [0.2, 0.25) is 0 Å². The monoisotopic (exact) mass is 281 g/mol. The Bertz CT molecular complexity index is 521. The molecule has 1 aromatic rings. The molecule has 0 aromatic heterocycles. The molecule has 0 heterocycles. The Morgan fingerprint density at radius 1 is 1.32 bits per heavy atom. The number of rotatable bonds is 7. The van der Waals surface area contributed by atoms with Crippen LogP contribution in [-0.4, -0.2) is 20.2 Å². The number of anilines is 1. The molecular formula is C15H23NO2S. The van der Waals surface area contributed by atoms with E-state index in [2.05, 4.69) is 12.2 Å². The second-order valence-corrected chi connectivity index (χ2v) is 7.62. The fourth-order valence-corrected chi connectivity index (χ4v) is 3.92. The minimum Gasteiger partial charge on any atom is -0.382 e. The Labute approximate surface area is 116 Å². The average Bonchev–Trinajstić information content (AvgIpc) is 3.13. The van der Waals surface area contributed by atoms with Gasteiger partial charge < -0.3 is 5.32 Å². The summed E-state index contributed by atoms with van der Waals surface area (Å²) in [5.41, 5.74) is 0.754. The van der Waals surface area contributed by atoms with Crippen molar-refractivity contribution in [1.29, 1.82) is 0 Å². The van der Waals surface area contributed by atoms with Crippen molar-refractivity contribution in [2.45, 2.75) is 50.5 Å². The molecule has 3 nitrogen and oxygen atoms in total. The van der Waals surface area contributed by atoms with E-state index in [-0.39, 0.29) is 5.75 Å². The highest BCUT2D eigenvalue weighted by atomic mass is 32.2. The first kappa shape index (κ1) is 14.4. The summed E-state index contributed by atoms with van der Waals surface area (Å²) in [6.07, 6.45) is 4.42. The Morgan fingerprint density at radius 2 is 2.00 bits per heavy atom. The van der Waals surface area contributed by atoms with Crippen LogP contribution in [0.25, 0.3) is 0 Å². The first-order valence-corrected chi connectivity index (χ1v) is 8.76. The molecule has 1 fully saturated rings. The Balaban J connectivity index is 2.15. The van der Waals surface area contributed by atoms with Gasteiger partial charge in [0.15, 0.2) is 9.84 Å². The quantitative estimate of drug-likeness (QED) is 0.832. The molecule has 0 bridgehead atoms. The second kappa shape index (κ2) is 5.95. The van der Waals surface area contributed by atoms with Crippen molar-refractivity contribution in [3.63, 3.8) is 0 Å². The van der Waals surface area contributed by atoms with Crippen LogP contribution in [0.15, 0.2) is 29.2 Å². The van der Waals surface area contributed by atoms with E-state index in [1.54, 1.807) is 12.1 Å². The third kappa shape index (κ3) is 3.96. The lowest BCUT2D eigenvalue weighted by molar-refractivity contribution is 0.594. The zero-order chi connectivity index (χ0) is 13.9. The third-order valence-corrected chi connectivity index (χ3v) is 5.45. The van der Waals surface area contributed by atoms with E-state index in [1.807, 2.05) is 19.1 Å². The van der Waals surface area contributed by atoms with Crippen molar-refractivity contribution in [3.8, 4) is 0 Å². The van der Waals surface area contributed by atoms with Crippen LogP contribution in [0.3, 0.4) is 0 Å². The molecule has 1 saturated carbocycles. The van der Waals surface area contributed by atoms with Crippen molar-refractivity contribution in [2.24, 2.45) is 5.92 Å². The molecule has 0 aliphatic heterocycles. The van der Waals surface area contributed by atoms with Crippen LogP contribution < -0.4 is 5.32 Å². The number of benzene rings is 1. The summed E-state index contributed by atoms with van der Waals surface area (Å²) < 4.78 is 24.5. The molecule has 1 N–H and O–H groups in total.